The van der Waals surface area contributed by atoms with Crippen molar-refractivity contribution in [3.05, 3.63) is 29.8 Å². The Morgan fingerprint density at radius 1 is 0.875 bits per heavy atom. The molecule has 0 aliphatic carbocycles. The lowest BCUT2D eigenvalue weighted by molar-refractivity contribution is 0.305. The number of rotatable bonds is 8. The van der Waals surface area contributed by atoms with Gasteiger partial charge in [-0.05, 0) is 30.5 Å². The first-order chi connectivity index (χ1) is 7.86. The van der Waals surface area contributed by atoms with E-state index in [1.807, 2.05) is 0 Å². The molecule has 0 heterocycles. The van der Waals surface area contributed by atoms with Crippen molar-refractivity contribution in [2.45, 2.75) is 52.4 Å². The predicted molar refractivity (Wildman–Crippen MR) is 70.1 cm³/mol. The fourth-order valence-electron chi connectivity index (χ4n) is 1.76. The van der Waals surface area contributed by atoms with E-state index in [0.717, 1.165) is 18.8 Å². The Balaban J connectivity index is 2.21. The van der Waals surface area contributed by atoms with E-state index < -0.39 is 0 Å². The third kappa shape index (κ3) is 5.20. The monoisotopic (exact) mass is 220 g/mol. The van der Waals surface area contributed by atoms with Crippen molar-refractivity contribution in [3.8, 4) is 5.75 Å². The molecule has 16 heavy (non-hydrogen) atoms. The maximum atomic E-state index is 5.69. The molecule has 0 N–H and O–H groups in total. The van der Waals surface area contributed by atoms with Crippen LogP contribution < -0.4 is 4.74 Å². The standard InChI is InChI=1S/C15H24O/c1-3-5-6-7-13-16-15-11-9-14(8-4-2)10-12-15/h9-12H,3-8,13H2,1-2H3. The molecule has 0 spiro atoms. The molecule has 0 fully saturated rings. The summed E-state index contributed by atoms with van der Waals surface area (Å²) in [5.74, 6) is 1.01. The van der Waals surface area contributed by atoms with Gasteiger partial charge < -0.3 is 4.74 Å². The summed E-state index contributed by atoms with van der Waals surface area (Å²) in [5.41, 5.74) is 1.40. The Labute approximate surface area is 99.8 Å². The summed E-state index contributed by atoms with van der Waals surface area (Å²) in [6, 6.07) is 8.52. The second kappa shape index (κ2) is 8.20. The van der Waals surface area contributed by atoms with E-state index in [0.29, 0.717) is 0 Å². The number of hydrogen-bond acceptors (Lipinski definition) is 1. The van der Waals surface area contributed by atoms with E-state index in [4.69, 9.17) is 4.74 Å². The van der Waals surface area contributed by atoms with Crippen LogP contribution in [0, 0.1) is 0 Å². The van der Waals surface area contributed by atoms with Crippen molar-refractivity contribution in [1.82, 2.24) is 0 Å². The molecule has 1 nitrogen and oxygen atoms in total. The predicted octanol–water partition coefficient (Wildman–Crippen LogP) is 4.60. The Morgan fingerprint density at radius 2 is 1.62 bits per heavy atom. The maximum absolute atomic E-state index is 5.69. The topological polar surface area (TPSA) is 9.23 Å². The number of ether oxygens (including phenoxy) is 1. The van der Waals surface area contributed by atoms with Crippen molar-refractivity contribution in [1.29, 1.82) is 0 Å². The summed E-state index contributed by atoms with van der Waals surface area (Å²) in [5, 5.41) is 0. The summed E-state index contributed by atoms with van der Waals surface area (Å²) in [6.45, 7) is 5.29. The molecule has 0 amide bonds. The van der Waals surface area contributed by atoms with E-state index in [1.54, 1.807) is 0 Å². The maximum Gasteiger partial charge on any atom is 0.119 e. The number of aryl methyl sites for hydroxylation is 1. The smallest absolute Gasteiger partial charge is 0.119 e. The van der Waals surface area contributed by atoms with Crippen LogP contribution in [0.15, 0.2) is 24.3 Å². The molecule has 0 aliphatic heterocycles. The van der Waals surface area contributed by atoms with Crippen molar-refractivity contribution in [2.75, 3.05) is 6.61 Å². The van der Waals surface area contributed by atoms with E-state index in [9.17, 15) is 0 Å². The highest BCUT2D eigenvalue weighted by molar-refractivity contribution is 5.27. The van der Waals surface area contributed by atoms with E-state index in [1.165, 1.54) is 37.7 Å². The lowest BCUT2D eigenvalue weighted by Crippen LogP contribution is -1.97. The highest BCUT2D eigenvalue weighted by atomic mass is 16.5. The zero-order chi connectivity index (χ0) is 11.6. The number of hydrogen-bond donors (Lipinski definition) is 0. The number of unbranched alkanes of at least 4 members (excludes halogenated alkanes) is 3. The highest BCUT2D eigenvalue weighted by Crippen LogP contribution is 2.14. The van der Waals surface area contributed by atoms with Gasteiger partial charge in [0.05, 0.1) is 6.61 Å². The minimum absolute atomic E-state index is 0.854. The molecule has 0 radical (unpaired) electrons. The minimum atomic E-state index is 0.854. The van der Waals surface area contributed by atoms with Gasteiger partial charge in [-0.1, -0.05) is 51.7 Å². The third-order valence-electron chi connectivity index (χ3n) is 2.73. The van der Waals surface area contributed by atoms with Crippen molar-refractivity contribution >= 4 is 0 Å². The molecule has 0 aliphatic rings. The van der Waals surface area contributed by atoms with E-state index >= 15 is 0 Å². The molecule has 0 unspecified atom stereocenters. The normalized spacial score (nSPS) is 10.4. The van der Waals surface area contributed by atoms with Crippen molar-refractivity contribution in [2.24, 2.45) is 0 Å². The van der Waals surface area contributed by atoms with Gasteiger partial charge in [0.25, 0.3) is 0 Å². The van der Waals surface area contributed by atoms with Gasteiger partial charge >= 0.3 is 0 Å². The van der Waals surface area contributed by atoms with Gasteiger partial charge in [0.15, 0.2) is 0 Å². The molecule has 1 aromatic carbocycles. The van der Waals surface area contributed by atoms with Gasteiger partial charge in [0.1, 0.15) is 5.75 Å². The van der Waals surface area contributed by atoms with Crippen LogP contribution in [0.4, 0.5) is 0 Å². The van der Waals surface area contributed by atoms with Crippen LogP contribution in [0.25, 0.3) is 0 Å². The van der Waals surface area contributed by atoms with Gasteiger partial charge in [-0.2, -0.15) is 0 Å². The Morgan fingerprint density at radius 3 is 2.25 bits per heavy atom. The molecule has 90 valence electrons. The largest absolute Gasteiger partial charge is 0.494 e. The number of benzene rings is 1. The quantitative estimate of drug-likeness (QED) is 0.582. The van der Waals surface area contributed by atoms with E-state index in [-0.39, 0.29) is 0 Å². The van der Waals surface area contributed by atoms with Gasteiger partial charge in [-0.3, -0.25) is 0 Å². The van der Waals surface area contributed by atoms with Crippen LogP contribution >= 0.6 is 0 Å². The molecule has 0 aromatic heterocycles. The minimum Gasteiger partial charge on any atom is -0.494 e. The first-order valence-electron chi connectivity index (χ1n) is 6.58. The lowest BCUT2D eigenvalue weighted by atomic mass is 10.1. The average molecular weight is 220 g/mol. The molecular weight excluding hydrogens is 196 g/mol. The SMILES string of the molecule is CCCCCCOc1ccc(CCC)cc1. The fraction of sp³-hybridized carbons (Fsp3) is 0.600. The molecule has 1 rings (SSSR count). The third-order valence-corrected chi connectivity index (χ3v) is 2.73. The zero-order valence-electron chi connectivity index (χ0n) is 10.7. The first kappa shape index (κ1) is 13.1. The Bertz CT molecular complexity index is 263. The molecule has 0 bridgehead atoms. The zero-order valence-corrected chi connectivity index (χ0v) is 10.7. The second-order valence-electron chi connectivity index (χ2n) is 4.30. The summed E-state index contributed by atoms with van der Waals surface area (Å²) >= 11 is 0. The van der Waals surface area contributed by atoms with Crippen LogP contribution in [-0.2, 0) is 6.42 Å². The highest BCUT2D eigenvalue weighted by Gasteiger charge is 1.95. The van der Waals surface area contributed by atoms with Gasteiger partial charge in [-0.15, -0.1) is 0 Å². The van der Waals surface area contributed by atoms with Crippen molar-refractivity contribution in [3.63, 3.8) is 0 Å². The molecule has 0 atom stereocenters. The van der Waals surface area contributed by atoms with Gasteiger partial charge in [0, 0.05) is 0 Å². The average Bonchev–Trinajstić information content (AvgIpc) is 2.31. The second-order valence-corrected chi connectivity index (χ2v) is 4.30. The van der Waals surface area contributed by atoms with Gasteiger partial charge in [-0.25, -0.2) is 0 Å². The summed E-state index contributed by atoms with van der Waals surface area (Å²) < 4.78 is 5.69. The first-order valence-corrected chi connectivity index (χ1v) is 6.58. The van der Waals surface area contributed by atoms with E-state index in [2.05, 4.69) is 38.1 Å². The molecule has 0 saturated carbocycles. The van der Waals surface area contributed by atoms with Crippen LogP contribution in [0.3, 0.4) is 0 Å². The fourth-order valence-corrected chi connectivity index (χ4v) is 1.76. The molecule has 0 saturated heterocycles. The summed E-state index contributed by atoms with van der Waals surface area (Å²) in [4.78, 5) is 0. The lowest BCUT2D eigenvalue weighted by Gasteiger charge is -2.06. The Kier molecular flexibility index (Phi) is 6.71. The van der Waals surface area contributed by atoms with Crippen LogP contribution in [0.1, 0.15) is 51.5 Å². The Hall–Kier alpha value is -0.980. The van der Waals surface area contributed by atoms with Crippen molar-refractivity contribution < 1.29 is 4.74 Å². The molecular formula is C15H24O. The molecule has 1 heteroatoms. The summed E-state index contributed by atoms with van der Waals surface area (Å²) in [7, 11) is 0. The summed E-state index contributed by atoms with van der Waals surface area (Å²) in [6.07, 6.45) is 7.42. The molecule has 1 aromatic rings. The van der Waals surface area contributed by atoms with Crippen LogP contribution in [0.2, 0.25) is 0 Å². The van der Waals surface area contributed by atoms with Crippen LogP contribution in [-0.4, -0.2) is 6.61 Å². The van der Waals surface area contributed by atoms with Gasteiger partial charge in [0.2, 0.25) is 0 Å². The van der Waals surface area contributed by atoms with Crippen LogP contribution in [0.5, 0.6) is 5.75 Å².